The highest BCUT2D eigenvalue weighted by Crippen LogP contribution is 2.38. The topological polar surface area (TPSA) is 78.8 Å². The number of rotatable bonds is 3. The predicted octanol–water partition coefficient (Wildman–Crippen LogP) is 4.31. The van der Waals surface area contributed by atoms with Crippen molar-refractivity contribution < 1.29 is 14.7 Å². The van der Waals surface area contributed by atoms with E-state index in [9.17, 15) is 14.7 Å². The maximum atomic E-state index is 12.4. The molecular weight excluding hydrogens is 408 g/mol. The number of carboxylic acids is 1. The molecule has 0 saturated carbocycles. The number of carbonyl (C=O) groups is 2. The maximum absolute atomic E-state index is 12.4. The standard InChI is InChI=1S/C21H13BrN2O3/c22-13-10-8-12(9-11-13)20(25)24-23-19-16-5-2-1-4-14(16)15-6-3-7-17(18(15)19)21(26)27/h1-11H,(H,24,25)(H,26,27)/b23-19+. The van der Waals surface area contributed by atoms with Gasteiger partial charge < -0.3 is 5.11 Å². The number of halogens is 1. The van der Waals surface area contributed by atoms with Crippen LogP contribution in [0, 0.1) is 0 Å². The Kier molecular flexibility index (Phi) is 4.33. The molecule has 5 nitrogen and oxygen atoms in total. The Morgan fingerprint density at radius 1 is 0.852 bits per heavy atom. The highest BCUT2D eigenvalue weighted by atomic mass is 79.9. The van der Waals surface area contributed by atoms with E-state index < -0.39 is 5.97 Å². The molecule has 0 aromatic heterocycles. The molecule has 3 aromatic carbocycles. The average Bonchev–Trinajstić information content (AvgIpc) is 3.00. The second kappa shape index (κ2) is 6.81. The van der Waals surface area contributed by atoms with Gasteiger partial charge >= 0.3 is 5.97 Å². The minimum Gasteiger partial charge on any atom is -0.478 e. The van der Waals surface area contributed by atoms with E-state index in [1.807, 2.05) is 30.3 Å². The molecule has 0 bridgehead atoms. The van der Waals surface area contributed by atoms with Gasteiger partial charge in [-0.3, -0.25) is 4.79 Å². The summed E-state index contributed by atoms with van der Waals surface area (Å²) in [7, 11) is 0. The maximum Gasteiger partial charge on any atom is 0.336 e. The van der Waals surface area contributed by atoms with Gasteiger partial charge in [-0.25, -0.2) is 10.2 Å². The highest BCUT2D eigenvalue weighted by Gasteiger charge is 2.29. The molecule has 0 spiro atoms. The number of fused-ring (bicyclic) bond motifs is 3. The summed E-state index contributed by atoms with van der Waals surface area (Å²) < 4.78 is 0.870. The Hall–Kier alpha value is -3.25. The molecule has 6 heteroatoms. The third-order valence-corrected chi connectivity index (χ3v) is 4.91. The second-order valence-corrected chi connectivity index (χ2v) is 6.90. The van der Waals surface area contributed by atoms with Gasteiger partial charge in [-0.2, -0.15) is 5.10 Å². The van der Waals surface area contributed by atoms with Crippen LogP contribution in [0.15, 0.2) is 76.3 Å². The minimum absolute atomic E-state index is 0.153. The van der Waals surface area contributed by atoms with Crippen LogP contribution in [0.25, 0.3) is 11.1 Å². The lowest BCUT2D eigenvalue weighted by molar-refractivity contribution is 0.0696. The van der Waals surface area contributed by atoms with E-state index in [0.29, 0.717) is 16.8 Å². The number of hydrogen-bond acceptors (Lipinski definition) is 3. The molecule has 1 aliphatic carbocycles. The molecule has 1 amide bonds. The van der Waals surface area contributed by atoms with Crippen molar-refractivity contribution in [2.75, 3.05) is 0 Å². The molecule has 0 fully saturated rings. The first kappa shape index (κ1) is 17.2. The monoisotopic (exact) mass is 420 g/mol. The summed E-state index contributed by atoms with van der Waals surface area (Å²) in [6.45, 7) is 0. The minimum atomic E-state index is -1.04. The molecule has 1 aliphatic rings. The van der Waals surface area contributed by atoms with E-state index in [1.54, 1.807) is 36.4 Å². The van der Waals surface area contributed by atoms with Gasteiger partial charge in [0.1, 0.15) is 0 Å². The third kappa shape index (κ3) is 3.04. The van der Waals surface area contributed by atoms with E-state index in [1.165, 1.54) is 0 Å². The number of benzene rings is 3. The highest BCUT2D eigenvalue weighted by molar-refractivity contribution is 9.10. The summed E-state index contributed by atoms with van der Waals surface area (Å²) in [5, 5.41) is 13.9. The number of amides is 1. The lowest BCUT2D eigenvalue weighted by Crippen LogP contribution is -2.20. The summed E-state index contributed by atoms with van der Waals surface area (Å²) >= 11 is 3.33. The van der Waals surface area contributed by atoms with Gasteiger partial charge in [0, 0.05) is 21.2 Å². The van der Waals surface area contributed by atoms with E-state index in [0.717, 1.165) is 21.2 Å². The number of hydrogen-bond donors (Lipinski definition) is 2. The normalized spacial score (nSPS) is 13.1. The zero-order chi connectivity index (χ0) is 19.0. The van der Waals surface area contributed by atoms with Crippen molar-refractivity contribution in [1.82, 2.24) is 5.43 Å². The van der Waals surface area contributed by atoms with Crippen molar-refractivity contribution in [2.24, 2.45) is 5.10 Å². The molecule has 0 aliphatic heterocycles. The summed E-state index contributed by atoms with van der Waals surface area (Å²) in [5.41, 5.74) is 6.60. The van der Waals surface area contributed by atoms with E-state index in [2.05, 4.69) is 26.5 Å². The Balaban J connectivity index is 1.78. The quantitative estimate of drug-likeness (QED) is 0.484. The van der Waals surface area contributed by atoms with Crippen LogP contribution in [0.4, 0.5) is 0 Å². The van der Waals surface area contributed by atoms with Crippen LogP contribution in [-0.2, 0) is 0 Å². The van der Waals surface area contributed by atoms with Gasteiger partial charge in [-0.05, 0) is 41.5 Å². The van der Waals surface area contributed by atoms with Gasteiger partial charge in [0.15, 0.2) is 0 Å². The largest absolute Gasteiger partial charge is 0.478 e. The smallest absolute Gasteiger partial charge is 0.336 e. The number of carboxylic acid groups (broad SMARTS) is 1. The van der Waals surface area contributed by atoms with Crippen LogP contribution in [0.1, 0.15) is 31.8 Å². The molecule has 0 saturated heterocycles. The Labute approximate surface area is 163 Å². The van der Waals surface area contributed by atoms with Crippen molar-refractivity contribution >= 4 is 33.5 Å². The number of aromatic carboxylic acids is 1. The molecule has 3 aromatic rings. The van der Waals surface area contributed by atoms with Crippen LogP contribution >= 0.6 is 15.9 Å². The zero-order valence-electron chi connectivity index (χ0n) is 13.9. The lowest BCUT2D eigenvalue weighted by atomic mass is 10.0. The number of carbonyl (C=O) groups excluding carboxylic acids is 1. The summed E-state index contributed by atoms with van der Waals surface area (Å²) in [5.74, 6) is -1.40. The van der Waals surface area contributed by atoms with Gasteiger partial charge in [0.25, 0.3) is 5.91 Å². The number of nitrogens with one attached hydrogen (secondary N) is 1. The average molecular weight is 421 g/mol. The Morgan fingerprint density at radius 3 is 2.22 bits per heavy atom. The van der Waals surface area contributed by atoms with Crippen LogP contribution < -0.4 is 5.43 Å². The SMILES string of the molecule is O=C(N/N=C1\c2ccccc2-c2cccc(C(=O)O)c21)c1ccc(Br)cc1. The van der Waals surface area contributed by atoms with Gasteiger partial charge in [0.05, 0.1) is 11.3 Å². The molecule has 27 heavy (non-hydrogen) atoms. The molecule has 132 valence electrons. The van der Waals surface area contributed by atoms with Crippen LogP contribution in [-0.4, -0.2) is 22.7 Å². The van der Waals surface area contributed by atoms with Crippen LogP contribution in [0.3, 0.4) is 0 Å². The first-order valence-corrected chi connectivity index (χ1v) is 8.95. The van der Waals surface area contributed by atoms with Crippen LogP contribution in [0.2, 0.25) is 0 Å². The summed E-state index contributed by atoms with van der Waals surface area (Å²) in [4.78, 5) is 24.1. The fourth-order valence-corrected chi connectivity index (χ4v) is 3.42. The van der Waals surface area contributed by atoms with E-state index in [-0.39, 0.29) is 11.5 Å². The molecule has 0 unspecified atom stereocenters. The lowest BCUT2D eigenvalue weighted by Gasteiger charge is -2.07. The Bertz CT molecular complexity index is 1100. The number of nitrogens with zero attached hydrogens (tertiary/aromatic N) is 1. The van der Waals surface area contributed by atoms with Crippen molar-refractivity contribution in [3.8, 4) is 11.1 Å². The van der Waals surface area contributed by atoms with Crippen molar-refractivity contribution in [3.05, 3.63) is 93.5 Å². The molecular formula is C21H13BrN2O3. The summed E-state index contributed by atoms with van der Waals surface area (Å²) in [6, 6.07) is 19.5. The Morgan fingerprint density at radius 2 is 1.52 bits per heavy atom. The predicted molar refractivity (Wildman–Crippen MR) is 106 cm³/mol. The fourth-order valence-electron chi connectivity index (χ4n) is 3.16. The van der Waals surface area contributed by atoms with Crippen molar-refractivity contribution in [3.63, 3.8) is 0 Å². The second-order valence-electron chi connectivity index (χ2n) is 5.99. The van der Waals surface area contributed by atoms with E-state index >= 15 is 0 Å². The molecule has 4 rings (SSSR count). The van der Waals surface area contributed by atoms with Gasteiger partial charge in [-0.1, -0.05) is 52.3 Å². The van der Waals surface area contributed by atoms with Gasteiger partial charge in [0.2, 0.25) is 0 Å². The first-order chi connectivity index (χ1) is 13.1. The molecule has 0 radical (unpaired) electrons. The van der Waals surface area contributed by atoms with Crippen molar-refractivity contribution in [1.29, 1.82) is 0 Å². The van der Waals surface area contributed by atoms with Crippen LogP contribution in [0.5, 0.6) is 0 Å². The molecule has 2 N–H and O–H groups in total. The van der Waals surface area contributed by atoms with Crippen molar-refractivity contribution in [2.45, 2.75) is 0 Å². The van der Waals surface area contributed by atoms with E-state index in [4.69, 9.17) is 0 Å². The number of hydrazone groups is 1. The third-order valence-electron chi connectivity index (χ3n) is 4.38. The summed E-state index contributed by atoms with van der Waals surface area (Å²) in [6.07, 6.45) is 0. The zero-order valence-corrected chi connectivity index (χ0v) is 15.5. The molecule has 0 atom stereocenters. The fraction of sp³-hybridized carbons (Fsp3) is 0. The molecule has 0 heterocycles. The first-order valence-electron chi connectivity index (χ1n) is 8.16. The van der Waals surface area contributed by atoms with Gasteiger partial charge in [-0.15, -0.1) is 0 Å².